The van der Waals surface area contributed by atoms with Crippen molar-refractivity contribution in [2.45, 2.75) is 6.92 Å². The number of ether oxygens (including phenoxy) is 1. The summed E-state index contributed by atoms with van der Waals surface area (Å²) in [5.41, 5.74) is 1.59. The number of hydrogen-bond donors (Lipinski definition) is 0. The molecule has 0 aromatic heterocycles. The van der Waals surface area contributed by atoms with E-state index < -0.39 is 0 Å². The second kappa shape index (κ2) is 5.26. The summed E-state index contributed by atoms with van der Waals surface area (Å²) >= 11 is 0. The summed E-state index contributed by atoms with van der Waals surface area (Å²) < 4.78 is 5.53. The maximum absolute atomic E-state index is 12.6. The summed E-state index contributed by atoms with van der Waals surface area (Å²) in [5.74, 6) is 5.59. The zero-order valence-electron chi connectivity index (χ0n) is 11.5. The van der Waals surface area contributed by atoms with Gasteiger partial charge in [-0.2, -0.15) is 0 Å². The predicted octanol–water partition coefficient (Wildman–Crippen LogP) is 2.86. The SMILES string of the molecule is CC#CCOc1cccc2c1C(=O)c1ccccc1C2=O. The predicted molar refractivity (Wildman–Crippen MR) is 78.7 cm³/mol. The van der Waals surface area contributed by atoms with Crippen molar-refractivity contribution in [3.63, 3.8) is 0 Å². The molecule has 0 fully saturated rings. The number of benzene rings is 2. The third kappa shape index (κ3) is 2.11. The van der Waals surface area contributed by atoms with Crippen molar-refractivity contribution in [1.29, 1.82) is 0 Å². The highest BCUT2D eigenvalue weighted by Gasteiger charge is 2.31. The van der Waals surface area contributed by atoms with Crippen LogP contribution >= 0.6 is 0 Å². The zero-order chi connectivity index (χ0) is 14.8. The van der Waals surface area contributed by atoms with Crippen LogP contribution < -0.4 is 4.74 Å². The summed E-state index contributed by atoms with van der Waals surface area (Å²) in [5, 5.41) is 0. The fraction of sp³-hybridized carbons (Fsp3) is 0.111. The lowest BCUT2D eigenvalue weighted by molar-refractivity contribution is 0.0976. The lowest BCUT2D eigenvalue weighted by atomic mass is 9.83. The highest BCUT2D eigenvalue weighted by Crippen LogP contribution is 2.32. The summed E-state index contributed by atoms with van der Waals surface area (Å²) in [6.07, 6.45) is 0. The van der Waals surface area contributed by atoms with E-state index in [0.717, 1.165) is 0 Å². The summed E-state index contributed by atoms with van der Waals surface area (Å²) in [4.78, 5) is 25.1. The Morgan fingerprint density at radius 3 is 2.29 bits per heavy atom. The van der Waals surface area contributed by atoms with Crippen molar-refractivity contribution in [1.82, 2.24) is 0 Å². The molecule has 0 unspecified atom stereocenters. The molecule has 0 amide bonds. The fourth-order valence-electron chi connectivity index (χ4n) is 2.42. The molecule has 0 N–H and O–H groups in total. The summed E-state index contributed by atoms with van der Waals surface area (Å²) in [6.45, 7) is 1.91. The number of carbonyl (C=O) groups is 2. The first-order valence-corrected chi connectivity index (χ1v) is 6.58. The van der Waals surface area contributed by atoms with Crippen molar-refractivity contribution < 1.29 is 14.3 Å². The molecule has 0 atom stereocenters. The van der Waals surface area contributed by atoms with Gasteiger partial charge in [-0.3, -0.25) is 9.59 Å². The van der Waals surface area contributed by atoms with Crippen molar-refractivity contribution in [2.24, 2.45) is 0 Å². The van der Waals surface area contributed by atoms with Gasteiger partial charge in [-0.15, -0.1) is 5.92 Å². The maximum atomic E-state index is 12.6. The van der Waals surface area contributed by atoms with Crippen LogP contribution in [-0.4, -0.2) is 18.2 Å². The summed E-state index contributed by atoms with van der Waals surface area (Å²) in [6, 6.07) is 11.9. The Kier molecular flexibility index (Phi) is 3.29. The standard InChI is InChI=1S/C18H12O3/c1-2-3-11-21-15-10-6-9-14-16(15)18(20)13-8-5-4-7-12(13)17(14)19/h4-10H,11H2,1H3. The molecule has 0 heterocycles. The van der Waals surface area contributed by atoms with Gasteiger partial charge in [-0.05, 0) is 13.0 Å². The molecule has 0 saturated carbocycles. The Morgan fingerprint density at radius 2 is 1.57 bits per heavy atom. The molecule has 3 rings (SSSR count). The molecule has 0 aliphatic heterocycles. The molecule has 2 aromatic carbocycles. The van der Waals surface area contributed by atoms with E-state index in [1.807, 2.05) is 0 Å². The van der Waals surface area contributed by atoms with Crippen LogP contribution in [0.4, 0.5) is 0 Å². The van der Waals surface area contributed by atoms with Gasteiger partial charge in [0.2, 0.25) is 0 Å². The zero-order valence-corrected chi connectivity index (χ0v) is 11.5. The molecular weight excluding hydrogens is 264 g/mol. The van der Waals surface area contributed by atoms with E-state index in [2.05, 4.69) is 11.8 Å². The van der Waals surface area contributed by atoms with Gasteiger partial charge in [0, 0.05) is 16.7 Å². The van der Waals surface area contributed by atoms with Crippen LogP contribution in [0, 0.1) is 11.8 Å². The molecule has 3 nitrogen and oxygen atoms in total. The highest BCUT2D eigenvalue weighted by atomic mass is 16.5. The number of ketones is 2. The van der Waals surface area contributed by atoms with E-state index in [-0.39, 0.29) is 18.2 Å². The lowest BCUT2D eigenvalue weighted by Crippen LogP contribution is -2.21. The Balaban J connectivity index is 2.13. The molecular formula is C18H12O3. The van der Waals surface area contributed by atoms with Crippen LogP contribution in [0.25, 0.3) is 0 Å². The molecule has 0 radical (unpaired) electrons. The Bertz CT molecular complexity index is 807. The van der Waals surface area contributed by atoms with Crippen LogP contribution in [0.2, 0.25) is 0 Å². The first kappa shape index (κ1) is 13.1. The van der Waals surface area contributed by atoms with Crippen LogP contribution in [-0.2, 0) is 0 Å². The average Bonchev–Trinajstić information content (AvgIpc) is 2.53. The van der Waals surface area contributed by atoms with Crippen molar-refractivity contribution in [2.75, 3.05) is 6.61 Å². The van der Waals surface area contributed by atoms with E-state index in [1.54, 1.807) is 49.4 Å². The van der Waals surface area contributed by atoms with Gasteiger partial charge >= 0.3 is 0 Å². The Hall–Kier alpha value is -2.86. The van der Waals surface area contributed by atoms with Gasteiger partial charge in [0.05, 0.1) is 5.56 Å². The van der Waals surface area contributed by atoms with Gasteiger partial charge in [0.25, 0.3) is 0 Å². The minimum absolute atomic E-state index is 0.146. The van der Waals surface area contributed by atoms with E-state index in [9.17, 15) is 9.59 Å². The van der Waals surface area contributed by atoms with E-state index in [0.29, 0.717) is 28.0 Å². The summed E-state index contributed by atoms with van der Waals surface area (Å²) in [7, 11) is 0. The van der Waals surface area contributed by atoms with Gasteiger partial charge in [0.1, 0.15) is 12.4 Å². The van der Waals surface area contributed by atoms with Gasteiger partial charge in [-0.1, -0.05) is 42.3 Å². The monoisotopic (exact) mass is 276 g/mol. The Morgan fingerprint density at radius 1 is 0.905 bits per heavy atom. The first-order valence-electron chi connectivity index (χ1n) is 6.58. The van der Waals surface area contributed by atoms with E-state index in [4.69, 9.17) is 4.74 Å². The third-order valence-corrected chi connectivity index (χ3v) is 3.39. The smallest absolute Gasteiger partial charge is 0.198 e. The minimum Gasteiger partial charge on any atom is -0.480 e. The van der Waals surface area contributed by atoms with Gasteiger partial charge in [0.15, 0.2) is 11.6 Å². The van der Waals surface area contributed by atoms with Crippen LogP contribution in [0.1, 0.15) is 38.8 Å². The van der Waals surface area contributed by atoms with Crippen molar-refractivity contribution >= 4 is 11.6 Å². The van der Waals surface area contributed by atoms with Crippen molar-refractivity contribution in [3.05, 3.63) is 64.7 Å². The molecule has 0 saturated heterocycles. The largest absolute Gasteiger partial charge is 0.480 e. The minimum atomic E-state index is -0.180. The second-order valence-electron chi connectivity index (χ2n) is 4.60. The number of rotatable bonds is 2. The number of fused-ring (bicyclic) bond motifs is 2. The molecule has 21 heavy (non-hydrogen) atoms. The van der Waals surface area contributed by atoms with E-state index in [1.165, 1.54) is 0 Å². The molecule has 2 aromatic rings. The van der Waals surface area contributed by atoms with Gasteiger partial charge < -0.3 is 4.74 Å². The first-order chi connectivity index (χ1) is 10.2. The fourth-order valence-corrected chi connectivity index (χ4v) is 2.42. The van der Waals surface area contributed by atoms with E-state index >= 15 is 0 Å². The molecule has 0 spiro atoms. The second-order valence-corrected chi connectivity index (χ2v) is 4.60. The molecule has 1 aliphatic carbocycles. The average molecular weight is 276 g/mol. The number of hydrogen-bond acceptors (Lipinski definition) is 3. The quantitative estimate of drug-likeness (QED) is 0.676. The van der Waals surface area contributed by atoms with Crippen LogP contribution in [0.15, 0.2) is 42.5 Å². The highest BCUT2D eigenvalue weighted by molar-refractivity contribution is 6.29. The molecule has 0 bridgehead atoms. The molecule has 1 aliphatic rings. The molecule has 3 heteroatoms. The topological polar surface area (TPSA) is 43.4 Å². The molecule has 102 valence electrons. The Labute approximate surface area is 122 Å². The van der Waals surface area contributed by atoms with Crippen LogP contribution in [0.3, 0.4) is 0 Å². The number of carbonyl (C=O) groups excluding carboxylic acids is 2. The van der Waals surface area contributed by atoms with Gasteiger partial charge in [-0.25, -0.2) is 0 Å². The normalized spacial score (nSPS) is 12.0. The maximum Gasteiger partial charge on any atom is 0.198 e. The lowest BCUT2D eigenvalue weighted by Gasteiger charge is -2.19. The van der Waals surface area contributed by atoms with Crippen molar-refractivity contribution in [3.8, 4) is 17.6 Å². The third-order valence-electron chi connectivity index (χ3n) is 3.39. The van der Waals surface area contributed by atoms with Crippen LogP contribution in [0.5, 0.6) is 5.75 Å².